The number of carbonyl (C=O) groups is 2. The molecule has 136 valence electrons. The highest BCUT2D eigenvalue weighted by Crippen LogP contribution is 2.14. The molecule has 1 aliphatic heterocycles. The summed E-state index contributed by atoms with van der Waals surface area (Å²) in [6.45, 7) is 3.27. The predicted molar refractivity (Wildman–Crippen MR) is 98.0 cm³/mol. The van der Waals surface area contributed by atoms with Crippen molar-refractivity contribution in [3.8, 4) is 5.75 Å². The predicted octanol–water partition coefficient (Wildman–Crippen LogP) is 2.19. The number of piperidine rings is 1. The lowest BCUT2D eigenvalue weighted by atomic mass is 10.0. The molecule has 1 fully saturated rings. The quantitative estimate of drug-likeness (QED) is 0.894. The molecule has 0 radical (unpaired) electrons. The van der Waals surface area contributed by atoms with Crippen LogP contribution in [0.25, 0.3) is 0 Å². The van der Waals surface area contributed by atoms with Gasteiger partial charge in [-0.15, -0.1) is 0 Å². The molecular weight excluding hydrogens is 330 g/mol. The molecule has 6 nitrogen and oxygen atoms in total. The molecule has 3 rings (SSSR count). The van der Waals surface area contributed by atoms with Crippen LogP contribution in [0.4, 0.5) is 0 Å². The van der Waals surface area contributed by atoms with E-state index in [1.807, 2.05) is 31.2 Å². The molecule has 1 N–H and O–H groups in total. The van der Waals surface area contributed by atoms with Crippen LogP contribution in [-0.4, -0.2) is 47.4 Å². The number of hydrogen-bond acceptors (Lipinski definition) is 4. The number of pyridine rings is 1. The van der Waals surface area contributed by atoms with Crippen molar-refractivity contribution in [2.45, 2.75) is 25.8 Å². The van der Waals surface area contributed by atoms with E-state index in [0.29, 0.717) is 24.5 Å². The monoisotopic (exact) mass is 353 g/mol. The zero-order chi connectivity index (χ0) is 18.4. The van der Waals surface area contributed by atoms with Gasteiger partial charge in [-0.2, -0.15) is 0 Å². The summed E-state index contributed by atoms with van der Waals surface area (Å²) < 4.78 is 5.56. The zero-order valence-corrected chi connectivity index (χ0v) is 14.9. The Kier molecular flexibility index (Phi) is 5.84. The van der Waals surface area contributed by atoms with Gasteiger partial charge < -0.3 is 15.0 Å². The van der Waals surface area contributed by atoms with E-state index in [9.17, 15) is 9.59 Å². The first-order chi connectivity index (χ1) is 12.6. The van der Waals surface area contributed by atoms with Crippen molar-refractivity contribution in [2.75, 3.05) is 19.7 Å². The third kappa shape index (κ3) is 4.81. The number of nitrogens with zero attached hydrogens (tertiary/aromatic N) is 2. The number of amides is 2. The van der Waals surface area contributed by atoms with Gasteiger partial charge >= 0.3 is 0 Å². The number of aryl methyl sites for hydroxylation is 1. The molecule has 2 heterocycles. The SMILES string of the molecule is Cc1ccc(OCC(=O)N2CCC(NC(=O)c3ccccn3)CC2)cc1. The van der Waals surface area contributed by atoms with E-state index in [-0.39, 0.29) is 24.5 Å². The highest BCUT2D eigenvalue weighted by atomic mass is 16.5. The van der Waals surface area contributed by atoms with Crippen LogP contribution in [0.2, 0.25) is 0 Å². The Bertz CT molecular complexity index is 739. The second-order valence-electron chi connectivity index (χ2n) is 6.45. The van der Waals surface area contributed by atoms with Crippen LogP contribution in [0.15, 0.2) is 48.7 Å². The van der Waals surface area contributed by atoms with Gasteiger partial charge in [0.15, 0.2) is 6.61 Å². The highest BCUT2D eigenvalue weighted by Gasteiger charge is 2.24. The van der Waals surface area contributed by atoms with Crippen molar-refractivity contribution in [1.82, 2.24) is 15.2 Å². The molecule has 0 saturated carbocycles. The number of ether oxygens (including phenoxy) is 1. The van der Waals surface area contributed by atoms with Gasteiger partial charge in [0.05, 0.1) is 0 Å². The molecule has 2 amide bonds. The summed E-state index contributed by atoms with van der Waals surface area (Å²) in [6.07, 6.45) is 3.06. The van der Waals surface area contributed by atoms with Crippen molar-refractivity contribution < 1.29 is 14.3 Å². The van der Waals surface area contributed by atoms with Crippen molar-refractivity contribution in [1.29, 1.82) is 0 Å². The summed E-state index contributed by atoms with van der Waals surface area (Å²) >= 11 is 0. The fraction of sp³-hybridized carbons (Fsp3) is 0.350. The summed E-state index contributed by atoms with van der Waals surface area (Å²) in [4.78, 5) is 30.3. The summed E-state index contributed by atoms with van der Waals surface area (Å²) in [5.74, 6) is 0.500. The van der Waals surface area contributed by atoms with E-state index in [2.05, 4.69) is 10.3 Å². The lowest BCUT2D eigenvalue weighted by Gasteiger charge is -2.32. The number of hydrogen-bond donors (Lipinski definition) is 1. The Balaban J connectivity index is 1.42. The fourth-order valence-corrected chi connectivity index (χ4v) is 2.90. The first kappa shape index (κ1) is 17.9. The number of nitrogens with one attached hydrogen (secondary N) is 1. The van der Waals surface area contributed by atoms with Gasteiger partial charge in [-0.25, -0.2) is 0 Å². The Labute approximate surface area is 153 Å². The van der Waals surface area contributed by atoms with Gasteiger partial charge in [0.2, 0.25) is 0 Å². The molecule has 0 atom stereocenters. The molecule has 6 heteroatoms. The zero-order valence-electron chi connectivity index (χ0n) is 14.9. The smallest absolute Gasteiger partial charge is 0.270 e. The van der Waals surface area contributed by atoms with Crippen LogP contribution < -0.4 is 10.1 Å². The Hall–Kier alpha value is -2.89. The maximum atomic E-state index is 12.3. The minimum absolute atomic E-state index is 0.0277. The second-order valence-corrected chi connectivity index (χ2v) is 6.45. The van der Waals surface area contributed by atoms with E-state index >= 15 is 0 Å². The van der Waals surface area contributed by atoms with Crippen LogP contribution >= 0.6 is 0 Å². The molecule has 0 bridgehead atoms. The first-order valence-electron chi connectivity index (χ1n) is 8.81. The van der Waals surface area contributed by atoms with Gasteiger partial charge in [-0.1, -0.05) is 23.8 Å². The van der Waals surface area contributed by atoms with Gasteiger partial charge in [0.25, 0.3) is 11.8 Å². The summed E-state index contributed by atoms with van der Waals surface area (Å²) in [5.41, 5.74) is 1.57. The molecule has 2 aromatic rings. The summed E-state index contributed by atoms with van der Waals surface area (Å²) in [7, 11) is 0. The van der Waals surface area contributed by atoms with Crippen LogP contribution in [-0.2, 0) is 4.79 Å². The standard InChI is InChI=1S/C20H23N3O3/c1-15-5-7-17(8-6-15)26-14-19(24)23-12-9-16(10-13-23)22-20(25)18-4-2-3-11-21-18/h2-8,11,16H,9-10,12-14H2,1H3,(H,22,25). The van der Waals surface area contributed by atoms with Gasteiger partial charge in [-0.05, 0) is 44.0 Å². The third-order valence-electron chi connectivity index (χ3n) is 4.46. The van der Waals surface area contributed by atoms with Crippen LogP contribution in [0.5, 0.6) is 5.75 Å². The third-order valence-corrected chi connectivity index (χ3v) is 4.46. The number of aromatic nitrogens is 1. The van der Waals surface area contributed by atoms with E-state index < -0.39 is 0 Å². The van der Waals surface area contributed by atoms with Gasteiger partial charge in [0.1, 0.15) is 11.4 Å². The largest absolute Gasteiger partial charge is 0.484 e. The van der Waals surface area contributed by atoms with E-state index in [0.717, 1.165) is 18.4 Å². The summed E-state index contributed by atoms with van der Waals surface area (Å²) in [6, 6.07) is 13.0. The maximum Gasteiger partial charge on any atom is 0.270 e. The molecule has 1 aliphatic rings. The molecule has 0 aliphatic carbocycles. The molecule has 0 spiro atoms. The molecule has 1 aromatic carbocycles. The topological polar surface area (TPSA) is 71.5 Å². The normalized spacial score (nSPS) is 14.7. The average molecular weight is 353 g/mol. The van der Waals surface area contributed by atoms with Gasteiger partial charge in [-0.3, -0.25) is 14.6 Å². The lowest BCUT2D eigenvalue weighted by molar-refractivity contribution is -0.134. The van der Waals surface area contributed by atoms with Crippen molar-refractivity contribution >= 4 is 11.8 Å². The molecule has 0 unspecified atom stereocenters. The van der Waals surface area contributed by atoms with Crippen LogP contribution in [0.1, 0.15) is 28.9 Å². The Morgan fingerprint density at radius 3 is 2.54 bits per heavy atom. The molecule has 26 heavy (non-hydrogen) atoms. The minimum Gasteiger partial charge on any atom is -0.484 e. The van der Waals surface area contributed by atoms with E-state index in [4.69, 9.17) is 4.74 Å². The molecule has 1 saturated heterocycles. The lowest BCUT2D eigenvalue weighted by Crippen LogP contribution is -2.47. The number of carbonyl (C=O) groups excluding carboxylic acids is 2. The van der Waals surface area contributed by atoms with E-state index in [1.165, 1.54) is 0 Å². The Morgan fingerprint density at radius 1 is 1.15 bits per heavy atom. The fourth-order valence-electron chi connectivity index (χ4n) is 2.90. The number of likely N-dealkylation sites (tertiary alicyclic amines) is 1. The second kappa shape index (κ2) is 8.47. The van der Waals surface area contributed by atoms with Crippen LogP contribution in [0, 0.1) is 6.92 Å². The first-order valence-corrected chi connectivity index (χ1v) is 8.81. The number of benzene rings is 1. The average Bonchev–Trinajstić information content (AvgIpc) is 2.68. The highest BCUT2D eigenvalue weighted by molar-refractivity contribution is 5.92. The van der Waals surface area contributed by atoms with Gasteiger partial charge in [0, 0.05) is 25.3 Å². The van der Waals surface area contributed by atoms with E-state index in [1.54, 1.807) is 29.3 Å². The molecule has 1 aromatic heterocycles. The van der Waals surface area contributed by atoms with Crippen molar-refractivity contribution in [3.05, 3.63) is 59.9 Å². The minimum atomic E-state index is -0.168. The molecular formula is C20H23N3O3. The Morgan fingerprint density at radius 2 is 1.88 bits per heavy atom. The summed E-state index contributed by atoms with van der Waals surface area (Å²) in [5, 5.41) is 2.99. The van der Waals surface area contributed by atoms with Crippen LogP contribution in [0.3, 0.4) is 0 Å². The van der Waals surface area contributed by atoms with Crippen molar-refractivity contribution in [2.24, 2.45) is 0 Å². The van der Waals surface area contributed by atoms with Crippen molar-refractivity contribution in [3.63, 3.8) is 0 Å². The number of rotatable bonds is 5. The maximum absolute atomic E-state index is 12.3.